The fraction of sp³-hybridized carbons (Fsp3) is 0.474. The Balaban J connectivity index is 1.36. The predicted molar refractivity (Wildman–Crippen MR) is 89.0 cm³/mol. The molecular formula is C19H22FN3. The summed E-state index contributed by atoms with van der Waals surface area (Å²) in [5.41, 5.74) is 1.11. The van der Waals surface area contributed by atoms with Crippen molar-refractivity contribution in [2.45, 2.75) is 38.0 Å². The van der Waals surface area contributed by atoms with Gasteiger partial charge in [0.2, 0.25) is 0 Å². The third kappa shape index (κ3) is 3.52. The van der Waals surface area contributed by atoms with Gasteiger partial charge in [0.1, 0.15) is 17.5 Å². The molecule has 1 saturated heterocycles. The lowest BCUT2D eigenvalue weighted by atomic mass is 9.90. The Morgan fingerprint density at radius 3 is 2.65 bits per heavy atom. The maximum absolute atomic E-state index is 13.3. The lowest BCUT2D eigenvalue weighted by Crippen LogP contribution is -2.35. The Labute approximate surface area is 136 Å². The maximum Gasteiger partial charge on any atom is 0.133 e. The number of hydrogen-bond acceptors (Lipinski definition) is 3. The van der Waals surface area contributed by atoms with Crippen molar-refractivity contribution in [3.63, 3.8) is 0 Å². The molecule has 1 aliphatic carbocycles. The molecule has 4 heteroatoms. The van der Waals surface area contributed by atoms with Gasteiger partial charge in [-0.05, 0) is 61.8 Å². The Morgan fingerprint density at radius 2 is 1.91 bits per heavy atom. The van der Waals surface area contributed by atoms with Gasteiger partial charge in [-0.15, -0.1) is 0 Å². The molecule has 23 heavy (non-hydrogen) atoms. The summed E-state index contributed by atoms with van der Waals surface area (Å²) in [6.45, 7) is 2.06. The molecule has 0 radical (unpaired) electrons. The molecule has 2 aromatic rings. The van der Waals surface area contributed by atoms with Crippen molar-refractivity contribution in [1.82, 2.24) is 9.97 Å². The Morgan fingerprint density at radius 1 is 1.09 bits per heavy atom. The quantitative estimate of drug-likeness (QED) is 0.856. The van der Waals surface area contributed by atoms with Crippen LogP contribution in [0, 0.1) is 11.7 Å². The zero-order chi connectivity index (χ0) is 15.6. The van der Waals surface area contributed by atoms with Gasteiger partial charge >= 0.3 is 0 Å². The van der Waals surface area contributed by atoms with Crippen LogP contribution in [0.2, 0.25) is 0 Å². The number of benzene rings is 1. The molecule has 4 rings (SSSR count). The van der Waals surface area contributed by atoms with Crippen molar-refractivity contribution in [3.05, 3.63) is 53.7 Å². The second-order valence-electron chi connectivity index (χ2n) is 6.81. The van der Waals surface area contributed by atoms with Crippen LogP contribution in [0.15, 0.2) is 36.5 Å². The lowest BCUT2D eigenvalue weighted by Gasteiger charge is -2.33. The van der Waals surface area contributed by atoms with Gasteiger partial charge in [0.15, 0.2) is 0 Å². The van der Waals surface area contributed by atoms with Crippen LogP contribution in [0.5, 0.6) is 0 Å². The molecular weight excluding hydrogens is 289 g/mol. The molecule has 0 N–H and O–H groups in total. The third-order valence-corrected chi connectivity index (χ3v) is 4.95. The number of nitrogens with zero attached hydrogens (tertiary/aromatic N) is 3. The highest BCUT2D eigenvalue weighted by molar-refractivity contribution is 5.38. The average molecular weight is 311 g/mol. The number of rotatable bonds is 4. The van der Waals surface area contributed by atoms with Crippen LogP contribution in [-0.2, 0) is 6.42 Å². The molecule has 0 atom stereocenters. The predicted octanol–water partition coefficient (Wildman–Crippen LogP) is 3.95. The van der Waals surface area contributed by atoms with Crippen molar-refractivity contribution in [2.75, 3.05) is 18.0 Å². The summed E-state index contributed by atoms with van der Waals surface area (Å²) in [5.74, 6) is 3.20. The second kappa shape index (κ2) is 6.26. The highest BCUT2D eigenvalue weighted by Crippen LogP contribution is 2.38. The summed E-state index contributed by atoms with van der Waals surface area (Å²) in [6, 6.07) is 9.04. The topological polar surface area (TPSA) is 29.0 Å². The highest BCUT2D eigenvalue weighted by Gasteiger charge is 2.27. The minimum atomic E-state index is -0.131. The minimum Gasteiger partial charge on any atom is -0.356 e. The number of aromatic nitrogens is 2. The second-order valence-corrected chi connectivity index (χ2v) is 6.81. The number of piperidine rings is 1. The Hall–Kier alpha value is -1.97. The molecule has 3 nitrogen and oxygen atoms in total. The lowest BCUT2D eigenvalue weighted by molar-refractivity contribution is 0.401. The monoisotopic (exact) mass is 311 g/mol. The van der Waals surface area contributed by atoms with Crippen LogP contribution in [0.25, 0.3) is 0 Å². The molecule has 0 spiro atoms. The fourth-order valence-corrected chi connectivity index (χ4v) is 3.44. The fourth-order valence-electron chi connectivity index (χ4n) is 3.44. The molecule has 1 aromatic carbocycles. The molecule has 2 fully saturated rings. The number of halogens is 1. The smallest absolute Gasteiger partial charge is 0.133 e. The van der Waals surface area contributed by atoms with E-state index in [4.69, 9.17) is 4.98 Å². The molecule has 2 aliphatic rings. The van der Waals surface area contributed by atoms with Crippen molar-refractivity contribution in [2.24, 2.45) is 5.92 Å². The van der Waals surface area contributed by atoms with E-state index < -0.39 is 0 Å². The van der Waals surface area contributed by atoms with Gasteiger partial charge in [-0.2, -0.15) is 0 Å². The first kappa shape index (κ1) is 14.6. The van der Waals surface area contributed by atoms with Crippen molar-refractivity contribution >= 4 is 5.82 Å². The summed E-state index contributed by atoms with van der Waals surface area (Å²) in [7, 11) is 0. The van der Waals surface area contributed by atoms with Crippen LogP contribution in [0.4, 0.5) is 10.2 Å². The molecule has 120 valence electrons. The van der Waals surface area contributed by atoms with E-state index in [0.29, 0.717) is 11.8 Å². The van der Waals surface area contributed by atoms with E-state index in [9.17, 15) is 4.39 Å². The van der Waals surface area contributed by atoms with Gasteiger partial charge < -0.3 is 4.90 Å². The molecule has 0 amide bonds. The molecule has 1 saturated carbocycles. The first-order valence-corrected chi connectivity index (χ1v) is 8.60. The number of anilines is 1. The minimum absolute atomic E-state index is 0.131. The summed E-state index contributed by atoms with van der Waals surface area (Å²) in [4.78, 5) is 11.5. The highest BCUT2D eigenvalue weighted by atomic mass is 19.1. The van der Waals surface area contributed by atoms with Gasteiger partial charge in [-0.1, -0.05) is 12.1 Å². The summed E-state index contributed by atoms with van der Waals surface area (Å²) in [5, 5.41) is 0. The molecule has 1 aliphatic heterocycles. The van der Waals surface area contributed by atoms with Crippen LogP contribution in [0.1, 0.15) is 43.0 Å². The van der Waals surface area contributed by atoms with Gasteiger partial charge in [0.25, 0.3) is 0 Å². The normalized spacial score (nSPS) is 19.1. The number of hydrogen-bond donors (Lipinski definition) is 0. The van der Waals surface area contributed by atoms with Crippen LogP contribution >= 0.6 is 0 Å². The summed E-state index contributed by atoms with van der Waals surface area (Å²) in [6.07, 6.45) is 7.62. The van der Waals surface area contributed by atoms with Gasteiger partial charge in [-0.25, -0.2) is 14.4 Å². The molecule has 2 heterocycles. The zero-order valence-corrected chi connectivity index (χ0v) is 13.3. The summed E-state index contributed by atoms with van der Waals surface area (Å²) < 4.78 is 13.3. The van der Waals surface area contributed by atoms with Crippen LogP contribution in [-0.4, -0.2) is 23.1 Å². The standard InChI is InChI=1S/C19H22FN3/c20-17-3-1-2-15(13-17)12-14-7-10-23(11-8-14)18-6-9-21-19(22-18)16-4-5-16/h1-3,6,9,13-14,16H,4-5,7-8,10-12H2. The van der Waals surface area contributed by atoms with Crippen molar-refractivity contribution in [3.8, 4) is 0 Å². The van der Waals surface area contributed by atoms with E-state index in [1.807, 2.05) is 18.3 Å². The third-order valence-electron chi connectivity index (χ3n) is 4.95. The van der Waals surface area contributed by atoms with E-state index in [-0.39, 0.29) is 5.82 Å². The van der Waals surface area contributed by atoms with Gasteiger partial charge in [0.05, 0.1) is 0 Å². The largest absolute Gasteiger partial charge is 0.356 e. The van der Waals surface area contributed by atoms with Gasteiger partial charge in [-0.3, -0.25) is 0 Å². The van der Waals surface area contributed by atoms with E-state index in [0.717, 1.165) is 49.6 Å². The van der Waals surface area contributed by atoms with Crippen molar-refractivity contribution < 1.29 is 4.39 Å². The SMILES string of the molecule is Fc1cccc(CC2CCN(c3ccnc(C4CC4)n3)CC2)c1. The van der Waals surface area contributed by atoms with Crippen LogP contribution in [0.3, 0.4) is 0 Å². The van der Waals surface area contributed by atoms with E-state index in [2.05, 4.69) is 9.88 Å². The molecule has 1 aromatic heterocycles. The van der Waals surface area contributed by atoms with E-state index in [1.165, 1.54) is 18.9 Å². The Bertz CT molecular complexity index is 676. The average Bonchev–Trinajstić information content (AvgIpc) is 3.41. The van der Waals surface area contributed by atoms with Crippen LogP contribution < -0.4 is 4.90 Å². The van der Waals surface area contributed by atoms with E-state index in [1.54, 1.807) is 12.1 Å². The molecule has 0 unspecified atom stereocenters. The molecule has 0 bridgehead atoms. The van der Waals surface area contributed by atoms with E-state index >= 15 is 0 Å². The maximum atomic E-state index is 13.3. The van der Waals surface area contributed by atoms with Gasteiger partial charge in [0, 0.05) is 25.2 Å². The first-order chi connectivity index (χ1) is 11.3. The Kier molecular flexibility index (Phi) is 3.98. The zero-order valence-electron chi connectivity index (χ0n) is 13.3. The first-order valence-electron chi connectivity index (χ1n) is 8.60. The van der Waals surface area contributed by atoms with Crippen molar-refractivity contribution in [1.29, 1.82) is 0 Å². The summed E-state index contributed by atoms with van der Waals surface area (Å²) >= 11 is 0.